The quantitative estimate of drug-likeness (QED) is 0.594. The molecule has 2 atom stereocenters. The Morgan fingerprint density at radius 1 is 1.17 bits per heavy atom. The molecule has 0 bridgehead atoms. The van der Waals surface area contributed by atoms with Gasteiger partial charge in [-0.25, -0.2) is 0 Å². The molecule has 2 saturated carbocycles. The summed E-state index contributed by atoms with van der Waals surface area (Å²) >= 11 is 0. The summed E-state index contributed by atoms with van der Waals surface area (Å²) in [5.41, 5.74) is 8.08. The third-order valence-corrected chi connectivity index (χ3v) is 7.71. The highest BCUT2D eigenvalue weighted by Crippen LogP contribution is 2.73. The zero-order valence-electron chi connectivity index (χ0n) is 16.8. The molecule has 0 radical (unpaired) electrons. The largest absolute Gasteiger partial charge is 0.330 e. The van der Waals surface area contributed by atoms with E-state index in [0.717, 1.165) is 23.4 Å². The smallest absolute Gasteiger partial charge is 0.262 e. The molecule has 4 amide bonds. The monoisotopic (exact) mass is 410 g/mol. The Morgan fingerprint density at radius 2 is 1.97 bits per heavy atom. The Labute approximate surface area is 174 Å². The molecular weight excluding hydrogens is 384 g/mol. The number of rotatable bonds is 6. The molecule has 1 spiro atoms. The normalized spacial score (nSPS) is 29.1. The molecule has 4 aliphatic rings. The molecule has 158 valence electrons. The number of nitrogens with one attached hydrogen (secondary N) is 2. The molecule has 1 saturated heterocycles. The molecular formula is C22H26N4O4. The highest BCUT2D eigenvalue weighted by atomic mass is 16.2. The fourth-order valence-electron chi connectivity index (χ4n) is 5.69. The van der Waals surface area contributed by atoms with Gasteiger partial charge in [-0.15, -0.1) is 0 Å². The second-order valence-electron chi connectivity index (χ2n) is 9.19. The maximum atomic E-state index is 13.1. The molecule has 4 N–H and O–H groups in total. The fourth-order valence-corrected chi connectivity index (χ4v) is 5.69. The van der Waals surface area contributed by atoms with Gasteiger partial charge in [0.2, 0.25) is 11.8 Å². The van der Waals surface area contributed by atoms with Crippen LogP contribution in [0.5, 0.6) is 0 Å². The first-order valence-corrected chi connectivity index (χ1v) is 10.7. The predicted molar refractivity (Wildman–Crippen MR) is 107 cm³/mol. The predicted octanol–water partition coefficient (Wildman–Crippen LogP) is 0.696. The Morgan fingerprint density at radius 3 is 2.60 bits per heavy atom. The number of imide groups is 2. The first-order chi connectivity index (χ1) is 14.4. The van der Waals surface area contributed by atoms with E-state index in [4.69, 9.17) is 5.73 Å². The first kappa shape index (κ1) is 19.4. The van der Waals surface area contributed by atoms with Gasteiger partial charge in [0.1, 0.15) is 6.04 Å². The average Bonchev–Trinajstić information content (AvgIpc) is 3.33. The molecule has 0 aromatic heterocycles. The summed E-state index contributed by atoms with van der Waals surface area (Å²) < 4.78 is 0. The minimum atomic E-state index is -0.943. The number of amides is 4. The van der Waals surface area contributed by atoms with Gasteiger partial charge in [0, 0.05) is 24.9 Å². The number of nitrogens with zero attached hydrogens (tertiary/aromatic N) is 1. The summed E-state index contributed by atoms with van der Waals surface area (Å²) in [5, 5.41) is 5.69. The van der Waals surface area contributed by atoms with Gasteiger partial charge >= 0.3 is 0 Å². The lowest BCUT2D eigenvalue weighted by Crippen LogP contribution is -2.54. The van der Waals surface area contributed by atoms with Crippen molar-refractivity contribution < 1.29 is 19.2 Å². The fraction of sp³-hybridized carbons (Fsp3) is 0.545. The van der Waals surface area contributed by atoms with Crippen LogP contribution >= 0.6 is 0 Å². The number of hydrogen-bond acceptors (Lipinski definition) is 6. The Hall–Kier alpha value is -2.58. The van der Waals surface area contributed by atoms with E-state index in [2.05, 4.69) is 10.6 Å². The lowest BCUT2D eigenvalue weighted by Gasteiger charge is -2.32. The maximum Gasteiger partial charge on any atom is 0.262 e. The first-order valence-electron chi connectivity index (χ1n) is 10.7. The van der Waals surface area contributed by atoms with Crippen LogP contribution in [0.3, 0.4) is 0 Å². The Bertz CT molecular complexity index is 970. The van der Waals surface area contributed by atoms with E-state index in [1.54, 1.807) is 12.1 Å². The third-order valence-electron chi connectivity index (χ3n) is 7.71. The third kappa shape index (κ3) is 2.66. The van der Waals surface area contributed by atoms with E-state index in [0.29, 0.717) is 29.6 Å². The van der Waals surface area contributed by atoms with Crippen LogP contribution in [0, 0.1) is 10.8 Å². The van der Waals surface area contributed by atoms with Gasteiger partial charge in [-0.2, -0.15) is 0 Å². The van der Waals surface area contributed by atoms with Gasteiger partial charge in [0.05, 0.1) is 11.1 Å². The zero-order chi connectivity index (χ0) is 21.1. The topological polar surface area (TPSA) is 122 Å². The van der Waals surface area contributed by atoms with Crippen molar-refractivity contribution in [2.75, 3.05) is 13.1 Å². The van der Waals surface area contributed by atoms with Crippen molar-refractivity contribution in [1.82, 2.24) is 15.5 Å². The molecule has 3 fully saturated rings. The molecule has 1 aromatic rings. The van der Waals surface area contributed by atoms with Crippen LogP contribution in [-0.2, 0) is 16.1 Å². The molecule has 5 rings (SSSR count). The van der Waals surface area contributed by atoms with E-state index in [-0.39, 0.29) is 24.2 Å². The summed E-state index contributed by atoms with van der Waals surface area (Å²) in [6, 6.07) is 4.28. The molecule has 8 heteroatoms. The van der Waals surface area contributed by atoms with E-state index in [1.807, 2.05) is 6.07 Å². The molecule has 2 heterocycles. The minimum absolute atomic E-state index is 0.112. The second-order valence-corrected chi connectivity index (χ2v) is 9.19. The molecule has 2 aliphatic heterocycles. The van der Waals surface area contributed by atoms with E-state index in [9.17, 15) is 19.2 Å². The molecule has 30 heavy (non-hydrogen) atoms. The average molecular weight is 410 g/mol. The van der Waals surface area contributed by atoms with Gasteiger partial charge in [0.25, 0.3) is 11.8 Å². The van der Waals surface area contributed by atoms with Gasteiger partial charge in [-0.05, 0) is 49.3 Å². The Kier molecular flexibility index (Phi) is 4.34. The standard InChI is InChI=1S/C22H26N4O4/c23-11-22(10-21(22)7-2-8-21)12-24-9-13-3-1-4-14-17(13)20(30)26(19(14)29)15-5-6-16(27)25-18(15)28/h1,3-4,15,24H,2,5-12,23H2,(H,25,27,28). The van der Waals surface area contributed by atoms with E-state index in [1.165, 1.54) is 19.3 Å². The van der Waals surface area contributed by atoms with Crippen LogP contribution in [0.2, 0.25) is 0 Å². The summed E-state index contributed by atoms with van der Waals surface area (Å²) in [4.78, 5) is 50.7. The summed E-state index contributed by atoms with van der Waals surface area (Å²) in [6.07, 6.45) is 5.21. The lowest BCUT2D eigenvalue weighted by molar-refractivity contribution is -0.136. The van der Waals surface area contributed by atoms with Gasteiger partial charge < -0.3 is 11.1 Å². The van der Waals surface area contributed by atoms with Crippen molar-refractivity contribution in [2.45, 2.75) is 51.1 Å². The van der Waals surface area contributed by atoms with Gasteiger partial charge in [-0.1, -0.05) is 18.6 Å². The van der Waals surface area contributed by atoms with Crippen molar-refractivity contribution >= 4 is 23.6 Å². The second kappa shape index (κ2) is 6.72. The number of benzene rings is 1. The number of piperidine rings is 1. The van der Waals surface area contributed by atoms with Crippen LogP contribution in [0.4, 0.5) is 0 Å². The number of carbonyl (C=O) groups is 4. The van der Waals surface area contributed by atoms with Crippen LogP contribution in [0.25, 0.3) is 0 Å². The van der Waals surface area contributed by atoms with Crippen molar-refractivity contribution in [2.24, 2.45) is 16.6 Å². The van der Waals surface area contributed by atoms with Gasteiger partial charge in [-0.3, -0.25) is 29.4 Å². The van der Waals surface area contributed by atoms with Crippen LogP contribution in [-0.4, -0.2) is 47.7 Å². The van der Waals surface area contributed by atoms with E-state index < -0.39 is 23.8 Å². The molecule has 8 nitrogen and oxygen atoms in total. The SMILES string of the molecule is NCC1(CNCc2cccc3c2C(=O)N(C2CCC(=O)NC2=O)C3=O)CC12CCC2. The number of carbonyl (C=O) groups excluding carboxylic acids is 4. The molecule has 1 aromatic carbocycles. The number of nitrogens with two attached hydrogens (primary N) is 1. The van der Waals surface area contributed by atoms with Crippen LogP contribution < -0.4 is 16.4 Å². The minimum Gasteiger partial charge on any atom is -0.330 e. The summed E-state index contributed by atoms with van der Waals surface area (Å²) in [7, 11) is 0. The van der Waals surface area contributed by atoms with E-state index >= 15 is 0 Å². The lowest BCUT2D eigenvalue weighted by atomic mass is 9.75. The number of hydrogen-bond donors (Lipinski definition) is 3. The van der Waals surface area contributed by atoms with Crippen LogP contribution in [0.15, 0.2) is 18.2 Å². The maximum absolute atomic E-state index is 13.1. The highest BCUT2D eigenvalue weighted by molar-refractivity contribution is 6.24. The van der Waals surface area contributed by atoms with Crippen molar-refractivity contribution in [1.29, 1.82) is 0 Å². The summed E-state index contributed by atoms with van der Waals surface area (Å²) in [5.74, 6) is -1.90. The van der Waals surface area contributed by atoms with Crippen molar-refractivity contribution in [3.05, 3.63) is 34.9 Å². The van der Waals surface area contributed by atoms with Crippen LogP contribution in [0.1, 0.15) is 64.8 Å². The molecule has 2 unspecified atom stereocenters. The summed E-state index contributed by atoms with van der Waals surface area (Å²) in [6.45, 7) is 1.92. The number of fused-ring (bicyclic) bond motifs is 1. The zero-order valence-corrected chi connectivity index (χ0v) is 16.8. The van der Waals surface area contributed by atoms with Crippen molar-refractivity contribution in [3.8, 4) is 0 Å². The Balaban J connectivity index is 1.32. The molecule has 2 aliphatic carbocycles. The van der Waals surface area contributed by atoms with Gasteiger partial charge in [0.15, 0.2) is 0 Å². The highest BCUT2D eigenvalue weighted by Gasteiger charge is 2.67. The van der Waals surface area contributed by atoms with Crippen molar-refractivity contribution in [3.63, 3.8) is 0 Å².